The van der Waals surface area contributed by atoms with Gasteiger partial charge in [0, 0.05) is 0 Å². The summed E-state index contributed by atoms with van der Waals surface area (Å²) in [5.41, 5.74) is 1.16. The lowest BCUT2D eigenvalue weighted by Gasteiger charge is -2.05. The van der Waals surface area contributed by atoms with E-state index >= 15 is 0 Å². The molecule has 0 spiro atoms. The molecule has 0 fully saturated rings. The molecule has 0 saturated heterocycles. The molecule has 0 aliphatic rings. The zero-order valence-corrected chi connectivity index (χ0v) is 6.35. The van der Waals surface area contributed by atoms with Gasteiger partial charge in [-0.25, -0.2) is 0 Å². The zero-order chi connectivity index (χ0) is 7.28. The fraction of sp³-hybridized carbons (Fsp3) is 0.750. The van der Waals surface area contributed by atoms with Gasteiger partial charge in [-0.05, 0) is 26.2 Å². The van der Waals surface area contributed by atoms with Crippen molar-refractivity contribution in [1.29, 1.82) is 0 Å². The van der Waals surface area contributed by atoms with Gasteiger partial charge in [0.15, 0.2) is 0 Å². The number of hydrogen-bond donors (Lipinski definition) is 1. The summed E-state index contributed by atoms with van der Waals surface area (Å²) in [5.74, 6) is 0. The molecule has 9 heavy (non-hydrogen) atoms. The summed E-state index contributed by atoms with van der Waals surface area (Å²) in [7, 11) is 0. The third-order valence-corrected chi connectivity index (χ3v) is 1.38. The maximum absolute atomic E-state index is 9.07. The Labute approximate surface area is 57.4 Å². The third kappa shape index (κ3) is 5.57. The third-order valence-electron chi connectivity index (χ3n) is 1.38. The average molecular weight is 128 g/mol. The second kappa shape index (κ2) is 4.57. The minimum atomic E-state index is -0.123. The standard InChI is InChI=1S/C8H16O/c1-4-8(9)6-5-7(2)3/h8-9H,2,4-6H2,1,3H3. The number of aliphatic hydroxyl groups excluding tert-OH is 1. The molecule has 1 nitrogen and oxygen atoms in total. The van der Waals surface area contributed by atoms with Crippen molar-refractivity contribution < 1.29 is 5.11 Å². The number of aliphatic hydroxyl groups is 1. The Bertz CT molecular complexity index is 86.6. The second-order valence-electron chi connectivity index (χ2n) is 2.56. The van der Waals surface area contributed by atoms with E-state index in [9.17, 15) is 0 Å². The Morgan fingerprint density at radius 1 is 1.67 bits per heavy atom. The van der Waals surface area contributed by atoms with Crippen LogP contribution in [-0.4, -0.2) is 11.2 Å². The van der Waals surface area contributed by atoms with Crippen molar-refractivity contribution in [3.63, 3.8) is 0 Å². The van der Waals surface area contributed by atoms with Crippen LogP contribution < -0.4 is 0 Å². The molecule has 0 rings (SSSR count). The zero-order valence-electron chi connectivity index (χ0n) is 6.35. The summed E-state index contributed by atoms with van der Waals surface area (Å²) in [6, 6.07) is 0. The lowest BCUT2D eigenvalue weighted by atomic mass is 10.1. The second-order valence-corrected chi connectivity index (χ2v) is 2.56. The maximum Gasteiger partial charge on any atom is 0.0540 e. The predicted molar refractivity (Wildman–Crippen MR) is 40.3 cm³/mol. The van der Waals surface area contributed by atoms with Gasteiger partial charge in [-0.1, -0.05) is 12.5 Å². The van der Waals surface area contributed by atoms with Crippen LogP contribution in [0.3, 0.4) is 0 Å². The molecule has 0 saturated carbocycles. The van der Waals surface area contributed by atoms with Crippen molar-refractivity contribution >= 4 is 0 Å². The fourth-order valence-corrected chi connectivity index (χ4v) is 0.617. The van der Waals surface area contributed by atoms with Gasteiger partial charge in [-0.15, -0.1) is 6.58 Å². The van der Waals surface area contributed by atoms with Crippen LogP contribution in [0.5, 0.6) is 0 Å². The molecule has 0 amide bonds. The quantitative estimate of drug-likeness (QED) is 0.575. The molecular weight excluding hydrogens is 112 g/mol. The van der Waals surface area contributed by atoms with Crippen LogP contribution in [0.4, 0.5) is 0 Å². The van der Waals surface area contributed by atoms with E-state index in [4.69, 9.17) is 5.11 Å². The first-order valence-corrected chi connectivity index (χ1v) is 3.49. The first-order valence-electron chi connectivity index (χ1n) is 3.49. The average Bonchev–Trinajstić information content (AvgIpc) is 1.83. The molecule has 0 radical (unpaired) electrons. The monoisotopic (exact) mass is 128 g/mol. The predicted octanol–water partition coefficient (Wildman–Crippen LogP) is 2.11. The van der Waals surface area contributed by atoms with Crippen LogP contribution in [0.25, 0.3) is 0 Å². The van der Waals surface area contributed by atoms with Crippen LogP contribution >= 0.6 is 0 Å². The highest BCUT2D eigenvalue weighted by Crippen LogP contribution is 2.05. The van der Waals surface area contributed by atoms with Crippen molar-refractivity contribution in [2.24, 2.45) is 0 Å². The lowest BCUT2D eigenvalue weighted by Crippen LogP contribution is -2.03. The molecule has 0 aliphatic carbocycles. The summed E-state index contributed by atoms with van der Waals surface area (Å²) >= 11 is 0. The smallest absolute Gasteiger partial charge is 0.0540 e. The summed E-state index contributed by atoms with van der Waals surface area (Å²) < 4.78 is 0. The normalized spacial score (nSPS) is 13.2. The minimum Gasteiger partial charge on any atom is -0.393 e. The topological polar surface area (TPSA) is 20.2 Å². The number of hydrogen-bond acceptors (Lipinski definition) is 1. The molecule has 0 aromatic heterocycles. The lowest BCUT2D eigenvalue weighted by molar-refractivity contribution is 0.160. The van der Waals surface area contributed by atoms with E-state index < -0.39 is 0 Å². The summed E-state index contributed by atoms with van der Waals surface area (Å²) in [5, 5.41) is 9.07. The van der Waals surface area contributed by atoms with E-state index in [0.29, 0.717) is 0 Å². The number of allylic oxidation sites excluding steroid dienone is 1. The van der Waals surface area contributed by atoms with Gasteiger partial charge in [-0.3, -0.25) is 0 Å². The van der Waals surface area contributed by atoms with Gasteiger partial charge in [-0.2, -0.15) is 0 Å². The SMILES string of the molecule is C=C(C)CCC(O)CC. The fourth-order valence-electron chi connectivity index (χ4n) is 0.617. The molecule has 1 atom stereocenters. The van der Waals surface area contributed by atoms with Crippen molar-refractivity contribution in [2.75, 3.05) is 0 Å². The van der Waals surface area contributed by atoms with Crippen LogP contribution in [0.15, 0.2) is 12.2 Å². The highest BCUT2D eigenvalue weighted by molar-refractivity contribution is 4.87. The molecular formula is C8H16O. The van der Waals surface area contributed by atoms with Crippen LogP contribution in [0.1, 0.15) is 33.1 Å². The largest absolute Gasteiger partial charge is 0.393 e. The van der Waals surface area contributed by atoms with E-state index in [1.165, 1.54) is 0 Å². The first-order chi connectivity index (χ1) is 4.16. The van der Waals surface area contributed by atoms with Gasteiger partial charge in [0.25, 0.3) is 0 Å². The van der Waals surface area contributed by atoms with E-state index in [1.807, 2.05) is 13.8 Å². The number of rotatable bonds is 4. The maximum atomic E-state index is 9.07. The Morgan fingerprint density at radius 3 is 2.56 bits per heavy atom. The summed E-state index contributed by atoms with van der Waals surface area (Å²) in [6.07, 6.45) is 2.55. The Balaban J connectivity index is 3.16. The van der Waals surface area contributed by atoms with E-state index in [1.54, 1.807) is 0 Å². The van der Waals surface area contributed by atoms with Crippen molar-refractivity contribution in [3.8, 4) is 0 Å². The Morgan fingerprint density at radius 2 is 2.22 bits per heavy atom. The molecule has 0 bridgehead atoms. The first kappa shape index (κ1) is 8.70. The highest BCUT2D eigenvalue weighted by atomic mass is 16.3. The van der Waals surface area contributed by atoms with E-state index in [-0.39, 0.29) is 6.10 Å². The molecule has 1 heteroatoms. The van der Waals surface area contributed by atoms with Crippen LogP contribution in [0.2, 0.25) is 0 Å². The molecule has 0 aromatic carbocycles. The van der Waals surface area contributed by atoms with Gasteiger partial charge >= 0.3 is 0 Å². The molecule has 1 unspecified atom stereocenters. The molecule has 54 valence electrons. The van der Waals surface area contributed by atoms with Gasteiger partial charge < -0.3 is 5.11 Å². The minimum absolute atomic E-state index is 0.123. The van der Waals surface area contributed by atoms with E-state index in [0.717, 1.165) is 24.8 Å². The van der Waals surface area contributed by atoms with Crippen molar-refractivity contribution in [1.82, 2.24) is 0 Å². The van der Waals surface area contributed by atoms with Crippen molar-refractivity contribution in [2.45, 2.75) is 39.2 Å². The van der Waals surface area contributed by atoms with Gasteiger partial charge in [0.2, 0.25) is 0 Å². The Hall–Kier alpha value is -0.300. The summed E-state index contributed by atoms with van der Waals surface area (Å²) in [6.45, 7) is 7.73. The summed E-state index contributed by atoms with van der Waals surface area (Å²) in [4.78, 5) is 0. The Kier molecular flexibility index (Phi) is 4.41. The van der Waals surface area contributed by atoms with Crippen LogP contribution in [-0.2, 0) is 0 Å². The van der Waals surface area contributed by atoms with Crippen molar-refractivity contribution in [3.05, 3.63) is 12.2 Å². The molecule has 1 N–H and O–H groups in total. The van der Waals surface area contributed by atoms with Gasteiger partial charge in [0.05, 0.1) is 6.10 Å². The highest BCUT2D eigenvalue weighted by Gasteiger charge is 1.98. The van der Waals surface area contributed by atoms with Gasteiger partial charge in [0.1, 0.15) is 0 Å². The molecule has 0 aromatic rings. The van der Waals surface area contributed by atoms with E-state index in [2.05, 4.69) is 6.58 Å². The molecule has 0 aliphatic heterocycles. The molecule has 0 heterocycles. The van der Waals surface area contributed by atoms with Crippen LogP contribution in [0, 0.1) is 0 Å².